The lowest BCUT2D eigenvalue weighted by Gasteiger charge is -2.17. The Kier molecular flexibility index (Phi) is 2.17. The Bertz CT molecular complexity index is 188. The summed E-state index contributed by atoms with van der Waals surface area (Å²) in [5, 5.41) is 0. The van der Waals surface area contributed by atoms with E-state index < -0.39 is 0 Å². The highest BCUT2D eigenvalue weighted by atomic mass is 16.1. The van der Waals surface area contributed by atoms with E-state index in [1.165, 1.54) is 0 Å². The van der Waals surface area contributed by atoms with Crippen molar-refractivity contribution in [2.45, 2.75) is 6.92 Å². The summed E-state index contributed by atoms with van der Waals surface area (Å²) in [6.07, 6.45) is 1.67. The molecule has 0 unspecified atom stereocenters. The maximum absolute atomic E-state index is 10.8. The highest BCUT2D eigenvalue weighted by Crippen LogP contribution is 2.15. The molecule has 1 aliphatic rings. The Morgan fingerprint density at radius 3 is 2.27 bits per heavy atom. The first kappa shape index (κ1) is 8.11. The third kappa shape index (κ3) is 2.26. The van der Waals surface area contributed by atoms with Crippen LogP contribution < -0.4 is 0 Å². The summed E-state index contributed by atoms with van der Waals surface area (Å²) in [5.41, 5.74) is 0. The molecule has 1 saturated heterocycles. The van der Waals surface area contributed by atoms with E-state index in [0.29, 0.717) is 0 Å². The molecule has 0 aromatic heterocycles. The molecule has 62 valence electrons. The summed E-state index contributed by atoms with van der Waals surface area (Å²) in [6.45, 7) is 3.74. The third-order valence-corrected chi connectivity index (χ3v) is 1.56. The summed E-state index contributed by atoms with van der Waals surface area (Å²) in [6, 6.07) is 0. The molecule has 0 atom stereocenters. The van der Waals surface area contributed by atoms with Crippen LogP contribution in [0.4, 0.5) is 0 Å². The predicted molar refractivity (Wildman–Crippen MR) is 44.0 cm³/mol. The fourth-order valence-corrected chi connectivity index (χ4v) is 0.964. The fraction of sp³-hybridized carbons (Fsp3) is 0.625. The topological polar surface area (TPSA) is 23.3 Å². The average Bonchev–Trinajstić information content (AvgIpc) is 2.63. The van der Waals surface area contributed by atoms with Crippen molar-refractivity contribution in [3.05, 3.63) is 11.9 Å². The van der Waals surface area contributed by atoms with Crippen molar-refractivity contribution in [2.75, 3.05) is 27.2 Å². The molecule has 3 nitrogen and oxygen atoms in total. The van der Waals surface area contributed by atoms with Crippen LogP contribution in [-0.2, 0) is 4.79 Å². The van der Waals surface area contributed by atoms with Gasteiger partial charge in [0, 0.05) is 33.3 Å². The van der Waals surface area contributed by atoms with Crippen LogP contribution in [0.25, 0.3) is 0 Å². The average molecular weight is 154 g/mol. The molecule has 1 fully saturated rings. The van der Waals surface area contributed by atoms with Crippen molar-refractivity contribution >= 4 is 5.78 Å². The van der Waals surface area contributed by atoms with E-state index in [0.717, 1.165) is 18.9 Å². The van der Waals surface area contributed by atoms with Crippen molar-refractivity contribution in [1.82, 2.24) is 9.80 Å². The number of carbonyl (C=O) groups is 1. The molecule has 0 aromatic rings. The lowest BCUT2D eigenvalue weighted by atomic mass is 10.4. The molecule has 0 radical (unpaired) electrons. The molecule has 1 rings (SSSR count). The lowest BCUT2D eigenvalue weighted by molar-refractivity contribution is -0.112. The van der Waals surface area contributed by atoms with Crippen molar-refractivity contribution in [3.63, 3.8) is 0 Å². The Morgan fingerprint density at radius 2 is 2.00 bits per heavy atom. The molecule has 0 aromatic carbocycles. The van der Waals surface area contributed by atoms with E-state index in [2.05, 4.69) is 4.90 Å². The summed E-state index contributed by atoms with van der Waals surface area (Å²) < 4.78 is 0. The number of hydrogen-bond acceptors (Lipinski definition) is 3. The Balaban J connectivity index is 2.65. The van der Waals surface area contributed by atoms with Crippen LogP contribution in [-0.4, -0.2) is 42.8 Å². The van der Waals surface area contributed by atoms with E-state index >= 15 is 0 Å². The molecule has 0 bridgehead atoms. The number of nitrogens with zero attached hydrogens (tertiary/aromatic N) is 2. The Hall–Kier alpha value is -0.990. The lowest BCUT2D eigenvalue weighted by Crippen LogP contribution is -2.18. The zero-order chi connectivity index (χ0) is 8.43. The molecule has 11 heavy (non-hydrogen) atoms. The van der Waals surface area contributed by atoms with Gasteiger partial charge in [-0.1, -0.05) is 0 Å². The molecule has 0 spiro atoms. The van der Waals surface area contributed by atoms with Gasteiger partial charge in [-0.05, 0) is 6.92 Å². The second kappa shape index (κ2) is 2.95. The SMILES string of the molecule is CC(=O)/C=C(\N(C)C)N1CC1. The van der Waals surface area contributed by atoms with Gasteiger partial charge in [-0.25, -0.2) is 0 Å². The van der Waals surface area contributed by atoms with Crippen LogP contribution in [0.1, 0.15) is 6.92 Å². The second-order valence-electron chi connectivity index (χ2n) is 2.99. The first-order valence-electron chi connectivity index (χ1n) is 3.76. The van der Waals surface area contributed by atoms with Crippen LogP contribution in [0.2, 0.25) is 0 Å². The van der Waals surface area contributed by atoms with Gasteiger partial charge in [0.15, 0.2) is 5.78 Å². The van der Waals surface area contributed by atoms with Gasteiger partial charge < -0.3 is 9.80 Å². The second-order valence-corrected chi connectivity index (χ2v) is 2.99. The van der Waals surface area contributed by atoms with Gasteiger partial charge in [0.1, 0.15) is 5.82 Å². The monoisotopic (exact) mass is 154 g/mol. The van der Waals surface area contributed by atoms with Gasteiger partial charge in [0.05, 0.1) is 0 Å². The summed E-state index contributed by atoms with van der Waals surface area (Å²) in [5.74, 6) is 1.14. The quantitative estimate of drug-likeness (QED) is 0.431. The summed E-state index contributed by atoms with van der Waals surface area (Å²) in [4.78, 5) is 14.9. The van der Waals surface area contributed by atoms with Crippen molar-refractivity contribution in [2.24, 2.45) is 0 Å². The number of carbonyl (C=O) groups excluding carboxylic acids is 1. The largest absolute Gasteiger partial charge is 0.364 e. The van der Waals surface area contributed by atoms with E-state index in [4.69, 9.17) is 0 Å². The van der Waals surface area contributed by atoms with Gasteiger partial charge >= 0.3 is 0 Å². The summed E-state index contributed by atoms with van der Waals surface area (Å²) >= 11 is 0. The smallest absolute Gasteiger partial charge is 0.156 e. The van der Waals surface area contributed by atoms with Gasteiger partial charge in [-0.3, -0.25) is 4.79 Å². The van der Waals surface area contributed by atoms with Gasteiger partial charge in [-0.15, -0.1) is 0 Å². The van der Waals surface area contributed by atoms with Crippen LogP contribution >= 0.6 is 0 Å². The third-order valence-electron chi connectivity index (χ3n) is 1.56. The van der Waals surface area contributed by atoms with Crippen LogP contribution in [0.15, 0.2) is 11.9 Å². The maximum Gasteiger partial charge on any atom is 0.156 e. The number of allylic oxidation sites excluding steroid dienone is 1. The fourth-order valence-electron chi connectivity index (χ4n) is 0.964. The predicted octanol–water partition coefficient (Wildman–Crippen LogP) is 0.294. The number of rotatable bonds is 3. The van der Waals surface area contributed by atoms with Crippen LogP contribution in [0, 0.1) is 0 Å². The zero-order valence-corrected chi connectivity index (χ0v) is 7.29. The molecular weight excluding hydrogens is 140 g/mol. The van der Waals surface area contributed by atoms with Gasteiger partial charge in [0.25, 0.3) is 0 Å². The first-order chi connectivity index (χ1) is 5.11. The number of ketones is 1. The van der Waals surface area contributed by atoms with E-state index in [-0.39, 0.29) is 5.78 Å². The number of hydrogen-bond donors (Lipinski definition) is 0. The minimum atomic E-state index is 0.112. The highest BCUT2D eigenvalue weighted by molar-refractivity contribution is 5.87. The van der Waals surface area contributed by atoms with Gasteiger partial charge in [0.2, 0.25) is 0 Å². The van der Waals surface area contributed by atoms with E-state index in [1.54, 1.807) is 13.0 Å². The molecule has 0 aliphatic carbocycles. The Labute approximate surface area is 67.3 Å². The van der Waals surface area contributed by atoms with Crippen molar-refractivity contribution < 1.29 is 4.79 Å². The highest BCUT2D eigenvalue weighted by Gasteiger charge is 2.21. The molecular formula is C8H14N2O. The van der Waals surface area contributed by atoms with Crippen LogP contribution in [0.5, 0.6) is 0 Å². The minimum Gasteiger partial charge on any atom is -0.364 e. The Morgan fingerprint density at radius 1 is 1.45 bits per heavy atom. The zero-order valence-electron chi connectivity index (χ0n) is 7.29. The van der Waals surface area contributed by atoms with E-state index in [9.17, 15) is 4.79 Å². The van der Waals surface area contributed by atoms with E-state index in [1.807, 2.05) is 19.0 Å². The van der Waals surface area contributed by atoms with Gasteiger partial charge in [-0.2, -0.15) is 0 Å². The molecule has 0 saturated carbocycles. The first-order valence-corrected chi connectivity index (χ1v) is 3.76. The molecule has 1 aliphatic heterocycles. The normalized spacial score (nSPS) is 16.6. The van der Waals surface area contributed by atoms with Crippen molar-refractivity contribution in [3.8, 4) is 0 Å². The minimum absolute atomic E-state index is 0.112. The molecule has 3 heteroatoms. The molecule has 1 heterocycles. The molecule has 0 amide bonds. The summed E-state index contributed by atoms with van der Waals surface area (Å²) in [7, 11) is 3.90. The van der Waals surface area contributed by atoms with Crippen LogP contribution in [0.3, 0.4) is 0 Å². The van der Waals surface area contributed by atoms with Crippen molar-refractivity contribution in [1.29, 1.82) is 0 Å². The molecule has 0 N–H and O–H groups in total. The standard InChI is InChI=1S/C8H14N2O/c1-7(11)6-8(9(2)3)10-4-5-10/h6H,4-5H2,1-3H3/b8-6+. The maximum atomic E-state index is 10.8.